The monoisotopic (exact) mass is 609 g/mol. The number of piperidine rings is 1. The predicted molar refractivity (Wildman–Crippen MR) is 135 cm³/mol. The lowest BCUT2D eigenvalue weighted by Crippen LogP contribution is -2.38. The first kappa shape index (κ1) is 26.4. The zero-order valence-corrected chi connectivity index (χ0v) is 22.3. The summed E-state index contributed by atoms with van der Waals surface area (Å²) in [6, 6.07) is 4.58. The molecule has 0 unspecified atom stereocenters. The van der Waals surface area contributed by atoms with Crippen LogP contribution in [0.3, 0.4) is 0 Å². The molecule has 0 N–H and O–H groups in total. The maximum Gasteiger partial charge on any atom is 0.436 e. The molecule has 0 aliphatic carbocycles. The summed E-state index contributed by atoms with van der Waals surface area (Å²) in [7, 11) is 0. The molecule has 0 atom stereocenters. The summed E-state index contributed by atoms with van der Waals surface area (Å²) in [5, 5.41) is 6.30. The zero-order valence-electron chi connectivity index (χ0n) is 18.4. The van der Waals surface area contributed by atoms with E-state index in [1.807, 2.05) is 5.38 Å². The van der Waals surface area contributed by atoms with Crippen LogP contribution in [0.2, 0.25) is 15.3 Å². The molecular weight excluding hydrogens is 597 g/mol. The van der Waals surface area contributed by atoms with Crippen LogP contribution >= 0.6 is 57.7 Å². The number of carbonyl (C=O) groups is 1. The van der Waals surface area contributed by atoms with E-state index in [1.54, 1.807) is 0 Å². The molecule has 1 fully saturated rings. The quantitative estimate of drug-likeness (QED) is 0.223. The first-order chi connectivity index (χ1) is 17.5. The van der Waals surface area contributed by atoms with E-state index in [4.69, 9.17) is 34.8 Å². The van der Waals surface area contributed by atoms with Gasteiger partial charge in [-0.3, -0.25) is 4.79 Å². The number of aromatic nitrogens is 4. The minimum absolute atomic E-state index is 0.0180. The molecule has 37 heavy (non-hydrogen) atoms. The SMILES string of the molecule is O=C(c1c(C(F)(F)F)nn(-c2ccc(F)cc2)c1Cl)N1CCC(c2nc(-c3snc(Cl)c3Cl)cs2)CC1. The first-order valence-electron chi connectivity index (χ1n) is 10.7. The number of amides is 1. The second kappa shape index (κ2) is 10.1. The fraction of sp³-hybridized carbons (Fsp3) is 0.273. The smallest absolute Gasteiger partial charge is 0.338 e. The second-order valence-electron chi connectivity index (χ2n) is 8.15. The number of hydrogen-bond donors (Lipinski definition) is 0. The molecule has 1 amide bonds. The molecular formula is C22H14Cl3F4N5OS2. The fourth-order valence-corrected chi connectivity index (χ4v) is 6.57. The first-order valence-corrected chi connectivity index (χ1v) is 13.5. The van der Waals surface area contributed by atoms with Crippen molar-refractivity contribution >= 4 is 63.6 Å². The molecule has 1 aliphatic heterocycles. The summed E-state index contributed by atoms with van der Waals surface area (Å²) < 4.78 is 59.5. The maximum atomic E-state index is 13.8. The van der Waals surface area contributed by atoms with Gasteiger partial charge in [0.1, 0.15) is 16.5 Å². The summed E-state index contributed by atoms with van der Waals surface area (Å²) in [6.45, 7) is 0.418. The summed E-state index contributed by atoms with van der Waals surface area (Å²) >= 11 is 20.9. The van der Waals surface area contributed by atoms with Crippen molar-refractivity contribution in [3.05, 3.63) is 67.1 Å². The van der Waals surface area contributed by atoms with E-state index < -0.39 is 34.3 Å². The highest BCUT2D eigenvalue weighted by molar-refractivity contribution is 7.12. The van der Waals surface area contributed by atoms with Crippen LogP contribution in [0, 0.1) is 5.82 Å². The number of nitrogens with zero attached hydrogens (tertiary/aromatic N) is 5. The third-order valence-electron chi connectivity index (χ3n) is 5.87. The Morgan fingerprint density at radius 3 is 2.35 bits per heavy atom. The number of hydrogen-bond acceptors (Lipinski definition) is 6. The minimum Gasteiger partial charge on any atom is -0.338 e. The van der Waals surface area contributed by atoms with E-state index in [-0.39, 0.29) is 29.8 Å². The average molecular weight is 611 g/mol. The molecule has 194 valence electrons. The van der Waals surface area contributed by atoms with E-state index >= 15 is 0 Å². The van der Waals surface area contributed by atoms with E-state index in [2.05, 4.69) is 14.5 Å². The number of thiazole rings is 1. The standard InChI is InChI=1S/C22H14Cl3F4N5OS2/c23-15-16(37-32-18(15)24)13-9-36-20(30-13)10-5-7-33(8-6-10)21(35)14-17(22(27,28)29)31-34(19(14)25)12-3-1-11(26)2-4-12/h1-4,9-10H,5-8H2. The summed E-state index contributed by atoms with van der Waals surface area (Å²) in [4.78, 5) is 19.9. The number of halogens is 7. The molecule has 4 heterocycles. The Hall–Kier alpha value is -2.25. The Kier molecular flexibility index (Phi) is 7.22. The average Bonchev–Trinajstić information content (AvgIpc) is 3.57. The van der Waals surface area contributed by atoms with Crippen LogP contribution in [0.1, 0.15) is 39.8 Å². The van der Waals surface area contributed by atoms with Gasteiger partial charge in [0.25, 0.3) is 5.91 Å². The minimum atomic E-state index is -4.92. The van der Waals surface area contributed by atoms with E-state index in [0.717, 1.165) is 33.4 Å². The van der Waals surface area contributed by atoms with Crippen molar-refractivity contribution in [2.24, 2.45) is 0 Å². The topological polar surface area (TPSA) is 63.9 Å². The molecule has 15 heteroatoms. The highest BCUT2D eigenvalue weighted by Crippen LogP contribution is 2.41. The van der Waals surface area contributed by atoms with Crippen molar-refractivity contribution in [2.75, 3.05) is 13.1 Å². The Labute approximate surface area is 230 Å². The zero-order chi connectivity index (χ0) is 26.5. The van der Waals surface area contributed by atoms with Crippen molar-refractivity contribution in [1.82, 2.24) is 24.0 Å². The molecule has 0 bridgehead atoms. The van der Waals surface area contributed by atoms with Gasteiger partial charge in [0.2, 0.25) is 0 Å². The summed E-state index contributed by atoms with van der Waals surface area (Å²) in [5.74, 6) is -1.42. The molecule has 4 aromatic rings. The van der Waals surface area contributed by atoms with Crippen LogP contribution in [0.25, 0.3) is 16.3 Å². The van der Waals surface area contributed by atoms with Crippen LogP contribution in [0.5, 0.6) is 0 Å². The van der Waals surface area contributed by atoms with Gasteiger partial charge in [-0.25, -0.2) is 14.1 Å². The van der Waals surface area contributed by atoms with Crippen LogP contribution in [0.4, 0.5) is 17.6 Å². The van der Waals surface area contributed by atoms with E-state index in [0.29, 0.717) is 28.4 Å². The number of benzene rings is 1. The molecule has 0 radical (unpaired) electrons. The van der Waals surface area contributed by atoms with Gasteiger partial charge in [-0.1, -0.05) is 34.8 Å². The maximum absolute atomic E-state index is 13.8. The highest BCUT2D eigenvalue weighted by atomic mass is 35.5. The molecule has 0 spiro atoms. The van der Waals surface area contributed by atoms with Crippen molar-refractivity contribution < 1.29 is 22.4 Å². The molecule has 3 aromatic heterocycles. The lowest BCUT2D eigenvalue weighted by atomic mass is 9.97. The molecule has 6 nitrogen and oxygen atoms in total. The molecule has 5 rings (SSSR count). The molecule has 1 aromatic carbocycles. The van der Waals surface area contributed by atoms with Crippen molar-refractivity contribution in [3.8, 4) is 16.3 Å². The van der Waals surface area contributed by atoms with Gasteiger partial charge < -0.3 is 4.90 Å². The Balaban J connectivity index is 1.35. The van der Waals surface area contributed by atoms with Crippen molar-refractivity contribution in [1.29, 1.82) is 0 Å². The van der Waals surface area contributed by atoms with Gasteiger partial charge in [-0.2, -0.15) is 22.6 Å². The second-order valence-corrected chi connectivity index (χ2v) is 10.9. The summed E-state index contributed by atoms with van der Waals surface area (Å²) in [5.41, 5.74) is -1.37. The summed E-state index contributed by atoms with van der Waals surface area (Å²) in [6.07, 6.45) is -3.92. The van der Waals surface area contributed by atoms with Gasteiger partial charge in [-0.15, -0.1) is 11.3 Å². The van der Waals surface area contributed by atoms with Crippen LogP contribution in [0.15, 0.2) is 29.6 Å². The Bertz CT molecular complexity index is 1460. The van der Waals surface area contributed by atoms with Crippen LogP contribution in [-0.2, 0) is 6.18 Å². The Morgan fingerprint density at radius 1 is 1.08 bits per heavy atom. The number of carbonyl (C=O) groups excluding carboxylic acids is 1. The lowest BCUT2D eigenvalue weighted by Gasteiger charge is -2.31. The van der Waals surface area contributed by atoms with E-state index in [9.17, 15) is 22.4 Å². The third-order valence-corrected chi connectivity index (χ3v) is 9.04. The van der Waals surface area contributed by atoms with Gasteiger partial charge >= 0.3 is 6.18 Å². The molecule has 1 saturated heterocycles. The molecule has 0 saturated carbocycles. The Morgan fingerprint density at radius 2 is 1.76 bits per heavy atom. The molecule has 1 aliphatic rings. The van der Waals surface area contributed by atoms with Gasteiger partial charge in [0.05, 0.1) is 26.3 Å². The highest BCUT2D eigenvalue weighted by Gasteiger charge is 2.43. The van der Waals surface area contributed by atoms with Gasteiger partial charge in [0, 0.05) is 24.4 Å². The van der Waals surface area contributed by atoms with Crippen molar-refractivity contribution in [3.63, 3.8) is 0 Å². The fourth-order valence-electron chi connectivity index (χ4n) is 4.02. The number of alkyl halides is 3. The van der Waals surface area contributed by atoms with Crippen molar-refractivity contribution in [2.45, 2.75) is 24.9 Å². The van der Waals surface area contributed by atoms with Gasteiger partial charge in [-0.05, 0) is 48.6 Å². The van der Waals surface area contributed by atoms with E-state index in [1.165, 1.54) is 28.4 Å². The lowest BCUT2D eigenvalue weighted by molar-refractivity contribution is -0.141. The largest absolute Gasteiger partial charge is 0.436 e. The third kappa shape index (κ3) is 5.09. The number of rotatable bonds is 4. The van der Waals surface area contributed by atoms with Crippen LogP contribution < -0.4 is 0 Å². The predicted octanol–water partition coefficient (Wildman–Crippen LogP) is 7.59. The van der Waals surface area contributed by atoms with Crippen LogP contribution in [-0.4, -0.2) is 43.0 Å². The van der Waals surface area contributed by atoms with Gasteiger partial charge in [0.15, 0.2) is 10.8 Å². The number of likely N-dealkylation sites (tertiary alicyclic amines) is 1. The normalized spacial score (nSPS) is 14.9.